The molecule has 0 fully saturated rings. The molecule has 0 bridgehead atoms. The van der Waals surface area contributed by atoms with Crippen molar-refractivity contribution in [2.24, 2.45) is 0 Å². The number of ether oxygens (including phenoxy) is 2. The zero-order chi connectivity index (χ0) is 27.3. The number of carbonyl (C=O) groups is 1. The molecule has 1 aliphatic rings. The van der Waals surface area contributed by atoms with E-state index in [0.29, 0.717) is 30.0 Å². The zero-order valence-corrected chi connectivity index (χ0v) is 23.3. The Morgan fingerprint density at radius 2 is 1.66 bits per heavy atom. The number of rotatable bonds is 10. The third-order valence-corrected chi connectivity index (χ3v) is 8.31. The summed E-state index contributed by atoms with van der Waals surface area (Å²) in [5, 5.41) is 3.20. The highest BCUT2D eigenvalue weighted by Crippen LogP contribution is 2.42. The van der Waals surface area contributed by atoms with Crippen LogP contribution >= 0.6 is 0 Å². The van der Waals surface area contributed by atoms with Crippen molar-refractivity contribution in [3.8, 4) is 11.5 Å². The molecule has 38 heavy (non-hydrogen) atoms. The summed E-state index contributed by atoms with van der Waals surface area (Å²) in [6, 6.07) is 21.7. The predicted octanol–water partition coefficient (Wildman–Crippen LogP) is 5.86. The van der Waals surface area contributed by atoms with Crippen molar-refractivity contribution >= 4 is 21.6 Å². The van der Waals surface area contributed by atoms with Crippen LogP contribution in [0.5, 0.6) is 11.5 Å². The average molecular weight is 537 g/mol. The average Bonchev–Trinajstić information content (AvgIpc) is 2.92. The number of hydrogen-bond acceptors (Lipinski definition) is 5. The number of sulfonamides is 1. The highest BCUT2D eigenvalue weighted by Gasteiger charge is 2.39. The summed E-state index contributed by atoms with van der Waals surface area (Å²) in [7, 11) is -3.53. The van der Waals surface area contributed by atoms with E-state index in [4.69, 9.17) is 9.47 Å². The molecule has 1 aliphatic heterocycles. The first-order valence-electron chi connectivity index (χ1n) is 13.1. The number of nitrogens with one attached hydrogen (secondary N) is 1. The summed E-state index contributed by atoms with van der Waals surface area (Å²) in [5.41, 5.74) is 2.50. The highest BCUT2D eigenvalue weighted by atomic mass is 32.2. The summed E-state index contributed by atoms with van der Waals surface area (Å²) >= 11 is 0. The molecule has 1 atom stereocenters. The van der Waals surface area contributed by atoms with Crippen LogP contribution in [0.1, 0.15) is 67.6 Å². The smallest absolute Gasteiger partial charge is 0.251 e. The van der Waals surface area contributed by atoms with Gasteiger partial charge in [0.2, 0.25) is 10.0 Å². The molecule has 3 aromatic rings. The fourth-order valence-corrected chi connectivity index (χ4v) is 5.76. The third-order valence-electron chi connectivity index (χ3n) is 7.17. The van der Waals surface area contributed by atoms with Gasteiger partial charge in [-0.3, -0.25) is 9.10 Å². The lowest BCUT2D eigenvalue weighted by molar-refractivity contribution is 0.0227. The van der Waals surface area contributed by atoms with Gasteiger partial charge < -0.3 is 14.8 Å². The fraction of sp³-hybridized carbons (Fsp3) is 0.367. The molecule has 3 aromatic carbocycles. The van der Waals surface area contributed by atoms with Crippen LogP contribution in [-0.2, 0) is 16.6 Å². The molecule has 4 rings (SSSR count). The minimum absolute atomic E-state index is 0.150. The van der Waals surface area contributed by atoms with E-state index in [1.807, 2.05) is 31.2 Å². The Hall–Kier alpha value is -3.52. The Balaban J connectivity index is 1.50. The molecular weight excluding hydrogens is 500 g/mol. The molecule has 0 saturated carbocycles. The molecule has 8 heteroatoms. The Bertz CT molecular complexity index is 1350. The normalized spacial score (nSPS) is 16.2. The predicted molar refractivity (Wildman–Crippen MR) is 150 cm³/mol. The number of benzene rings is 3. The van der Waals surface area contributed by atoms with Gasteiger partial charge >= 0.3 is 0 Å². The van der Waals surface area contributed by atoms with Gasteiger partial charge in [0.25, 0.3) is 5.91 Å². The molecule has 0 spiro atoms. The van der Waals surface area contributed by atoms with Gasteiger partial charge in [0.1, 0.15) is 17.1 Å². The summed E-state index contributed by atoms with van der Waals surface area (Å²) in [6.07, 6.45) is 3.59. The van der Waals surface area contributed by atoms with Gasteiger partial charge in [-0.1, -0.05) is 44.2 Å². The standard InChI is InChI=1S/C30H36N2O5S/c1-5-30(6-2)20-27(26-10-8-9-11-28(26)37-30)31-29(33)23-14-12-22(13-15-23)21-32(38(4,34)35)24-16-18-25(19-17-24)36-7-3/h8-19,27H,5-7,20-21H2,1-4H3,(H,31,33)/t27-/m1/s1. The van der Waals surface area contributed by atoms with Crippen LogP contribution in [0.2, 0.25) is 0 Å². The first-order valence-corrected chi connectivity index (χ1v) is 14.9. The molecule has 1 heterocycles. The maximum Gasteiger partial charge on any atom is 0.251 e. The first-order chi connectivity index (χ1) is 18.2. The largest absolute Gasteiger partial charge is 0.494 e. The maximum atomic E-state index is 13.2. The van der Waals surface area contributed by atoms with Gasteiger partial charge in [0.15, 0.2) is 0 Å². The van der Waals surface area contributed by atoms with E-state index in [2.05, 4.69) is 19.2 Å². The Morgan fingerprint density at radius 1 is 1.00 bits per heavy atom. The number of nitrogens with zero attached hydrogens (tertiary/aromatic N) is 1. The van der Waals surface area contributed by atoms with Gasteiger partial charge in [0, 0.05) is 17.5 Å². The lowest BCUT2D eigenvalue weighted by atomic mass is 9.83. The van der Waals surface area contributed by atoms with Gasteiger partial charge in [0.05, 0.1) is 31.1 Å². The third kappa shape index (κ3) is 6.13. The van der Waals surface area contributed by atoms with Crippen LogP contribution in [0.3, 0.4) is 0 Å². The highest BCUT2D eigenvalue weighted by molar-refractivity contribution is 7.92. The van der Waals surface area contributed by atoms with Crippen LogP contribution < -0.4 is 19.1 Å². The molecule has 1 N–H and O–H groups in total. The number of fused-ring (bicyclic) bond motifs is 1. The van der Waals surface area contributed by atoms with Crippen molar-refractivity contribution in [3.63, 3.8) is 0 Å². The Morgan fingerprint density at radius 3 is 2.26 bits per heavy atom. The number of hydrogen-bond donors (Lipinski definition) is 1. The molecule has 0 unspecified atom stereocenters. The molecule has 0 saturated heterocycles. The zero-order valence-electron chi connectivity index (χ0n) is 22.4. The molecule has 1 amide bonds. The second-order valence-electron chi connectivity index (χ2n) is 9.65. The maximum absolute atomic E-state index is 13.2. The van der Waals surface area contributed by atoms with Gasteiger partial charge in [-0.15, -0.1) is 0 Å². The lowest BCUT2D eigenvalue weighted by Crippen LogP contribution is -2.44. The van der Waals surface area contributed by atoms with E-state index in [9.17, 15) is 13.2 Å². The van der Waals surface area contributed by atoms with Crippen molar-refractivity contribution in [2.45, 2.75) is 58.2 Å². The van der Waals surface area contributed by atoms with E-state index in [0.717, 1.165) is 29.7 Å². The number of para-hydroxylation sites is 1. The van der Waals surface area contributed by atoms with Crippen LogP contribution in [0.4, 0.5) is 5.69 Å². The van der Waals surface area contributed by atoms with Crippen LogP contribution in [0.25, 0.3) is 0 Å². The molecule has 202 valence electrons. The quantitative estimate of drug-likeness (QED) is 0.351. The summed E-state index contributed by atoms with van der Waals surface area (Å²) in [6.45, 7) is 6.81. The van der Waals surface area contributed by atoms with Crippen molar-refractivity contribution < 1.29 is 22.7 Å². The number of amides is 1. The van der Waals surface area contributed by atoms with E-state index >= 15 is 0 Å². The summed E-state index contributed by atoms with van der Waals surface area (Å²) < 4.78 is 38.3. The second-order valence-corrected chi connectivity index (χ2v) is 11.6. The number of carbonyl (C=O) groups excluding carboxylic acids is 1. The van der Waals surface area contributed by atoms with Crippen LogP contribution in [0.15, 0.2) is 72.8 Å². The van der Waals surface area contributed by atoms with Crippen molar-refractivity contribution in [1.29, 1.82) is 0 Å². The fourth-order valence-electron chi connectivity index (χ4n) is 4.87. The van der Waals surface area contributed by atoms with Crippen molar-refractivity contribution in [1.82, 2.24) is 5.32 Å². The summed E-state index contributed by atoms with van der Waals surface area (Å²) in [5.74, 6) is 1.33. The van der Waals surface area contributed by atoms with E-state index < -0.39 is 10.0 Å². The van der Waals surface area contributed by atoms with Crippen molar-refractivity contribution in [3.05, 3.63) is 89.5 Å². The minimum Gasteiger partial charge on any atom is -0.494 e. The molecular formula is C30H36N2O5S. The van der Waals surface area contributed by atoms with E-state index in [1.165, 1.54) is 10.6 Å². The van der Waals surface area contributed by atoms with Gasteiger partial charge in [-0.2, -0.15) is 0 Å². The van der Waals surface area contributed by atoms with E-state index in [1.54, 1.807) is 48.5 Å². The lowest BCUT2D eigenvalue weighted by Gasteiger charge is -2.41. The van der Waals surface area contributed by atoms with E-state index in [-0.39, 0.29) is 24.1 Å². The summed E-state index contributed by atoms with van der Waals surface area (Å²) in [4.78, 5) is 13.2. The Kier molecular flexibility index (Phi) is 8.31. The Labute approximate surface area is 225 Å². The molecule has 0 radical (unpaired) electrons. The second kappa shape index (κ2) is 11.5. The topological polar surface area (TPSA) is 84.9 Å². The first kappa shape index (κ1) is 27.5. The monoisotopic (exact) mass is 536 g/mol. The number of anilines is 1. The SMILES string of the molecule is CCOc1ccc(N(Cc2ccc(C(=O)N[C@@H]3CC(CC)(CC)Oc4ccccc43)cc2)S(C)(=O)=O)cc1. The molecule has 7 nitrogen and oxygen atoms in total. The van der Waals surface area contributed by atoms with Crippen molar-refractivity contribution in [2.75, 3.05) is 17.2 Å². The molecule has 0 aliphatic carbocycles. The molecule has 0 aromatic heterocycles. The van der Waals surface area contributed by atoms with Crippen LogP contribution in [0, 0.1) is 0 Å². The van der Waals surface area contributed by atoms with Gasteiger partial charge in [-0.05, 0) is 67.8 Å². The van der Waals surface area contributed by atoms with Gasteiger partial charge in [-0.25, -0.2) is 8.42 Å². The minimum atomic E-state index is -3.53. The van der Waals surface area contributed by atoms with Crippen LogP contribution in [-0.4, -0.2) is 32.8 Å².